The van der Waals surface area contributed by atoms with Gasteiger partial charge in [0.15, 0.2) is 5.82 Å². The Morgan fingerprint density at radius 3 is 2.48 bits per heavy atom. The van der Waals surface area contributed by atoms with Crippen molar-refractivity contribution in [2.45, 2.75) is 91.0 Å². The van der Waals surface area contributed by atoms with Crippen LogP contribution >= 0.6 is 0 Å². The van der Waals surface area contributed by atoms with Crippen molar-refractivity contribution in [2.75, 3.05) is 20.6 Å². The highest BCUT2D eigenvalue weighted by Crippen LogP contribution is 2.53. The Morgan fingerprint density at radius 2 is 1.90 bits per heavy atom. The standard InChI is InChI=1S/C23H40N4O4/c1-22(2,3)23(11-7-6-8-12-23)13-9-10-17(14-20(29)30)21-25-18(26-31-21)15-24-19(28)16-27(4)5/h17H,6-16H2,1-5H3,(H,24,28)(H,29,30)/t17-/m1/s1. The lowest BCUT2D eigenvalue weighted by atomic mass is 9.57. The lowest BCUT2D eigenvalue weighted by Gasteiger charge is -2.48. The molecule has 1 aromatic heterocycles. The second-order valence-corrected chi connectivity index (χ2v) is 10.3. The first-order valence-electron chi connectivity index (χ1n) is 11.5. The van der Waals surface area contributed by atoms with E-state index in [9.17, 15) is 14.7 Å². The summed E-state index contributed by atoms with van der Waals surface area (Å²) in [7, 11) is 3.64. The zero-order valence-electron chi connectivity index (χ0n) is 19.9. The Hall–Kier alpha value is -1.96. The van der Waals surface area contributed by atoms with E-state index in [-0.39, 0.29) is 36.8 Å². The lowest BCUT2D eigenvalue weighted by molar-refractivity contribution is -0.137. The number of nitrogens with zero attached hydrogens (tertiary/aromatic N) is 3. The van der Waals surface area contributed by atoms with Crippen LogP contribution in [0.1, 0.15) is 96.2 Å². The van der Waals surface area contributed by atoms with Crippen molar-refractivity contribution in [1.29, 1.82) is 0 Å². The number of amides is 1. The van der Waals surface area contributed by atoms with E-state index >= 15 is 0 Å². The minimum absolute atomic E-state index is 0.0306. The molecule has 8 heteroatoms. The largest absolute Gasteiger partial charge is 0.481 e. The van der Waals surface area contributed by atoms with Crippen molar-refractivity contribution in [1.82, 2.24) is 20.4 Å². The van der Waals surface area contributed by atoms with E-state index in [1.54, 1.807) is 4.90 Å². The number of carboxylic acids is 1. The Bertz CT molecular complexity index is 717. The van der Waals surface area contributed by atoms with E-state index in [0.717, 1.165) is 12.8 Å². The smallest absolute Gasteiger partial charge is 0.304 e. The fourth-order valence-electron chi connectivity index (χ4n) is 4.84. The molecule has 0 saturated heterocycles. The van der Waals surface area contributed by atoms with E-state index in [1.165, 1.54) is 32.1 Å². The van der Waals surface area contributed by atoms with Crippen LogP contribution in [-0.4, -0.2) is 52.7 Å². The fourth-order valence-corrected chi connectivity index (χ4v) is 4.84. The molecule has 31 heavy (non-hydrogen) atoms. The molecule has 1 atom stereocenters. The maximum Gasteiger partial charge on any atom is 0.304 e. The van der Waals surface area contributed by atoms with Crippen LogP contribution in [0.4, 0.5) is 0 Å². The fraction of sp³-hybridized carbons (Fsp3) is 0.826. The predicted molar refractivity (Wildman–Crippen MR) is 119 cm³/mol. The molecule has 0 aliphatic heterocycles. The van der Waals surface area contributed by atoms with Crippen molar-refractivity contribution < 1.29 is 19.2 Å². The molecule has 0 spiro atoms. The molecule has 1 fully saturated rings. The third kappa shape index (κ3) is 7.59. The molecular weight excluding hydrogens is 396 g/mol. The van der Waals surface area contributed by atoms with E-state index < -0.39 is 5.97 Å². The second-order valence-electron chi connectivity index (χ2n) is 10.3. The summed E-state index contributed by atoms with van der Waals surface area (Å²) in [6, 6.07) is 0. The van der Waals surface area contributed by atoms with Gasteiger partial charge in [0.2, 0.25) is 11.8 Å². The summed E-state index contributed by atoms with van der Waals surface area (Å²) in [5.41, 5.74) is 0.549. The van der Waals surface area contributed by atoms with E-state index in [0.29, 0.717) is 23.6 Å². The Morgan fingerprint density at radius 1 is 1.23 bits per heavy atom. The van der Waals surface area contributed by atoms with Gasteiger partial charge in [-0.3, -0.25) is 9.59 Å². The highest BCUT2D eigenvalue weighted by atomic mass is 16.5. The van der Waals surface area contributed by atoms with E-state index in [2.05, 4.69) is 36.2 Å². The van der Waals surface area contributed by atoms with Crippen LogP contribution in [0, 0.1) is 10.8 Å². The molecule has 1 amide bonds. The number of aliphatic carboxylic acids is 1. The van der Waals surface area contributed by atoms with Gasteiger partial charge < -0.3 is 19.8 Å². The van der Waals surface area contributed by atoms with Crippen molar-refractivity contribution in [3.05, 3.63) is 11.7 Å². The van der Waals surface area contributed by atoms with Crippen molar-refractivity contribution >= 4 is 11.9 Å². The molecule has 0 unspecified atom stereocenters. The van der Waals surface area contributed by atoms with Crippen LogP contribution in [-0.2, 0) is 16.1 Å². The van der Waals surface area contributed by atoms with Gasteiger partial charge in [0.25, 0.3) is 0 Å². The van der Waals surface area contributed by atoms with Crippen LogP contribution in [0.15, 0.2) is 4.52 Å². The Labute approximate surface area is 186 Å². The molecule has 1 aliphatic rings. The maximum absolute atomic E-state index is 11.8. The second kappa shape index (κ2) is 11.1. The summed E-state index contributed by atoms with van der Waals surface area (Å²) in [6.07, 6.45) is 9.07. The normalized spacial score (nSPS) is 17.5. The summed E-state index contributed by atoms with van der Waals surface area (Å²) in [5, 5.41) is 16.1. The van der Waals surface area contributed by atoms with Crippen LogP contribution < -0.4 is 5.32 Å². The van der Waals surface area contributed by atoms with Gasteiger partial charge in [-0.25, -0.2) is 0 Å². The number of likely N-dealkylation sites (N-methyl/N-ethyl adjacent to an activating group) is 1. The topological polar surface area (TPSA) is 109 Å². The van der Waals surface area contributed by atoms with Gasteiger partial charge in [-0.1, -0.05) is 51.6 Å². The predicted octanol–water partition coefficient (Wildman–Crippen LogP) is 3.97. The van der Waals surface area contributed by atoms with Gasteiger partial charge in [-0.2, -0.15) is 4.98 Å². The molecule has 2 rings (SSSR count). The average Bonchev–Trinajstić information content (AvgIpc) is 3.14. The third-order valence-corrected chi connectivity index (χ3v) is 6.77. The Balaban J connectivity index is 1.98. The summed E-state index contributed by atoms with van der Waals surface area (Å²) in [4.78, 5) is 29.4. The first kappa shape index (κ1) is 25.3. The highest BCUT2D eigenvalue weighted by Gasteiger charge is 2.41. The van der Waals surface area contributed by atoms with Gasteiger partial charge in [0.05, 0.1) is 19.5 Å². The van der Waals surface area contributed by atoms with Crippen LogP contribution in [0.5, 0.6) is 0 Å². The molecule has 1 aromatic rings. The zero-order valence-corrected chi connectivity index (χ0v) is 19.9. The number of rotatable bonds is 11. The molecule has 2 N–H and O–H groups in total. The van der Waals surface area contributed by atoms with Crippen molar-refractivity contribution in [3.63, 3.8) is 0 Å². The first-order valence-corrected chi connectivity index (χ1v) is 11.5. The SMILES string of the molecule is CN(C)CC(=O)NCc1noc([C@H](CCCC2(C(C)(C)C)CCCCC2)CC(=O)O)n1. The molecule has 8 nitrogen and oxygen atoms in total. The van der Waals surface area contributed by atoms with E-state index in [1.807, 2.05) is 14.1 Å². The molecule has 0 aromatic carbocycles. The van der Waals surface area contributed by atoms with Gasteiger partial charge in [-0.05, 0) is 50.6 Å². The molecular formula is C23H40N4O4. The number of carbonyl (C=O) groups excluding carboxylic acids is 1. The molecule has 176 valence electrons. The lowest BCUT2D eigenvalue weighted by Crippen LogP contribution is -2.37. The van der Waals surface area contributed by atoms with Crippen LogP contribution in [0.3, 0.4) is 0 Å². The zero-order chi connectivity index (χ0) is 23.1. The average molecular weight is 437 g/mol. The Kier molecular flexibility index (Phi) is 9.03. The quantitative estimate of drug-likeness (QED) is 0.540. The molecule has 1 heterocycles. The van der Waals surface area contributed by atoms with Gasteiger partial charge in [-0.15, -0.1) is 0 Å². The molecule has 0 radical (unpaired) electrons. The number of carboxylic acid groups (broad SMARTS) is 1. The monoisotopic (exact) mass is 436 g/mol. The number of hydrogen-bond donors (Lipinski definition) is 2. The highest BCUT2D eigenvalue weighted by molar-refractivity contribution is 5.77. The van der Waals surface area contributed by atoms with Crippen LogP contribution in [0.25, 0.3) is 0 Å². The van der Waals surface area contributed by atoms with Gasteiger partial charge >= 0.3 is 5.97 Å². The molecule has 1 saturated carbocycles. The summed E-state index contributed by atoms with van der Waals surface area (Å²) in [5.74, 6) is -0.578. The summed E-state index contributed by atoms with van der Waals surface area (Å²) in [6.45, 7) is 7.46. The maximum atomic E-state index is 11.8. The van der Waals surface area contributed by atoms with Gasteiger partial charge in [0.1, 0.15) is 0 Å². The number of aromatic nitrogens is 2. The number of carbonyl (C=O) groups is 2. The summed E-state index contributed by atoms with van der Waals surface area (Å²) >= 11 is 0. The minimum Gasteiger partial charge on any atom is -0.481 e. The minimum atomic E-state index is -0.868. The number of nitrogens with one attached hydrogen (secondary N) is 1. The van der Waals surface area contributed by atoms with Gasteiger partial charge in [0, 0.05) is 5.92 Å². The molecule has 0 bridgehead atoms. The van der Waals surface area contributed by atoms with Crippen molar-refractivity contribution in [2.24, 2.45) is 10.8 Å². The van der Waals surface area contributed by atoms with E-state index in [4.69, 9.17) is 4.52 Å². The summed E-state index contributed by atoms with van der Waals surface area (Å²) < 4.78 is 5.39. The van der Waals surface area contributed by atoms with Crippen LogP contribution in [0.2, 0.25) is 0 Å². The molecule has 1 aliphatic carbocycles. The van der Waals surface area contributed by atoms with Crippen molar-refractivity contribution in [3.8, 4) is 0 Å². The number of hydrogen-bond acceptors (Lipinski definition) is 6. The third-order valence-electron chi connectivity index (χ3n) is 6.77. The first-order chi connectivity index (χ1) is 14.5.